The number of benzene rings is 1. The lowest BCUT2D eigenvalue weighted by Gasteiger charge is -2.09. The number of nitriles is 1. The van der Waals surface area contributed by atoms with E-state index < -0.39 is 32.2 Å². The molecule has 1 aromatic carbocycles. The van der Waals surface area contributed by atoms with Crippen molar-refractivity contribution in [2.24, 2.45) is 4.40 Å². The zero-order chi connectivity index (χ0) is 15.6. The molecule has 9 heteroatoms. The molecule has 0 atom stereocenters. The molecule has 108 valence electrons. The Balaban J connectivity index is 3.43. The molecule has 0 aliphatic heterocycles. The zero-order valence-electron chi connectivity index (χ0n) is 10.5. The first-order valence-corrected chi connectivity index (χ1v) is 6.59. The van der Waals surface area contributed by atoms with Crippen LogP contribution < -0.4 is 0 Å². The standard InChI is InChI=1S/C11H10F3N3O2S/c1-17(2)7-16-20(18,19)10-4-8(6-15)3-9(5-10)11(12,13)14/h3-5,7H,1-2H3. The summed E-state index contributed by atoms with van der Waals surface area (Å²) >= 11 is 0. The number of hydrogen-bond acceptors (Lipinski definition) is 3. The average molecular weight is 305 g/mol. The number of nitrogens with zero attached hydrogens (tertiary/aromatic N) is 3. The summed E-state index contributed by atoms with van der Waals surface area (Å²) in [6.45, 7) is 0. The van der Waals surface area contributed by atoms with Crippen LogP contribution in [0.5, 0.6) is 0 Å². The molecular formula is C11H10F3N3O2S. The van der Waals surface area contributed by atoms with Gasteiger partial charge in [0.15, 0.2) is 0 Å². The monoisotopic (exact) mass is 305 g/mol. The summed E-state index contributed by atoms with van der Waals surface area (Å²) in [5.41, 5.74) is -1.62. The average Bonchev–Trinajstić information content (AvgIpc) is 2.35. The summed E-state index contributed by atoms with van der Waals surface area (Å²) in [6.07, 6.45) is -3.80. The quantitative estimate of drug-likeness (QED) is 0.631. The smallest absolute Gasteiger partial charge is 0.368 e. The predicted octanol–water partition coefficient (Wildman–Crippen LogP) is 1.86. The van der Waals surface area contributed by atoms with Crippen molar-refractivity contribution in [3.8, 4) is 6.07 Å². The molecule has 20 heavy (non-hydrogen) atoms. The Labute approximate surface area is 114 Å². The van der Waals surface area contributed by atoms with E-state index in [0.717, 1.165) is 12.4 Å². The normalized spacial score (nSPS) is 12.4. The maximum atomic E-state index is 12.6. The molecule has 1 rings (SSSR count). The summed E-state index contributed by atoms with van der Waals surface area (Å²) < 4.78 is 64.7. The molecule has 0 saturated carbocycles. The fourth-order valence-electron chi connectivity index (χ4n) is 1.19. The molecule has 0 spiro atoms. The van der Waals surface area contributed by atoms with E-state index in [1.54, 1.807) is 0 Å². The van der Waals surface area contributed by atoms with Crippen molar-refractivity contribution in [2.45, 2.75) is 11.1 Å². The summed E-state index contributed by atoms with van der Waals surface area (Å²) in [5.74, 6) is 0. The van der Waals surface area contributed by atoms with Crippen molar-refractivity contribution in [3.05, 3.63) is 29.3 Å². The zero-order valence-corrected chi connectivity index (χ0v) is 11.3. The highest BCUT2D eigenvalue weighted by atomic mass is 32.2. The van der Waals surface area contributed by atoms with E-state index in [4.69, 9.17) is 5.26 Å². The number of rotatable bonds is 3. The Morgan fingerprint density at radius 2 is 1.90 bits per heavy atom. The fraction of sp³-hybridized carbons (Fsp3) is 0.273. The molecule has 0 unspecified atom stereocenters. The summed E-state index contributed by atoms with van der Waals surface area (Å²) in [7, 11) is -1.28. The van der Waals surface area contributed by atoms with E-state index in [1.807, 2.05) is 0 Å². The summed E-state index contributed by atoms with van der Waals surface area (Å²) in [6, 6.07) is 3.36. The lowest BCUT2D eigenvalue weighted by molar-refractivity contribution is -0.137. The molecule has 0 bridgehead atoms. The van der Waals surface area contributed by atoms with E-state index in [9.17, 15) is 21.6 Å². The lowest BCUT2D eigenvalue weighted by atomic mass is 10.1. The van der Waals surface area contributed by atoms with Gasteiger partial charge >= 0.3 is 6.18 Å². The predicted molar refractivity (Wildman–Crippen MR) is 65.5 cm³/mol. The van der Waals surface area contributed by atoms with E-state index in [2.05, 4.69) is 4.40 Å². The van der Waals surface area contributed by atoms with Gasteiger partial charge in [-0.05, 0) is 18.2 Å². The van der Waals surface area contributed by atoms with Gasteiger partial charge in [0.1, 0.15) is 6.34 Å². The molecule has 0 N–H and O–H groups in total. The highest BCUT2D eigenvalue weighted by Gasteiger charge is 2.32. The van der Waals surface area contributed by atoms with Crippen molar-refractivity contribution in [2.75, 3.05) is 14.1 Å². The SMILES string of the molecule is CN(C)C=NS(=O)(=O)c1cc(C#N)cc(C(F)(F)F)c1. The minimum atomic E-state index is -4.75. The van der Waals surface area contributed by atoms with Crippen molar-refractivity contribution in [1.82, 2.24) is 4.90 Å². The lowest BCUT2D eigenvalue weighted by Crippen LogP contribution is -2.11. The molecular weight excluding hydrogens is 295 g/mol. The molecule has 0 aromatic heterocycles. The molecule has 0 heterocycles. The van der Waals surface area contributed by atoms with Crippen LogP contribution in [0.3, 0.4) is 0 Å². The molecule has 0 amide bonds. The minimum absolute atomic E-state index is 0.404. The second kappa shape index (κ2) is 5.50. The largest absolute Gasteiger partial charge is 0.416 e. The second-order valence-electron chi connectivity index (χ2n) is 4.02. The minimum Gasteiger partial charge on any atom is -0.368 e. The van der Waals surface area contributed by atoms with Crippen LogP contribution in [-0.2, 0) is 16.2 Å². The van der Waals surface area contributed by atoms with Crippen molar-refractivity contribution in [1.29, 1.82) is 5.26 Å². The van der Waals surface area contributed by atoms with Crippen LogP contribution in [0.2, 0.25) is 0 Å². The van der Waals surface area contributed by atoms with Gasteiger partial charge in [-0.2, -0.15) is 26.9 Å². The second-order valence-corrected chi connectivity index (χ2v) is 5.65. The molecule has 0 aliphatic rings. The van der Waals surface area contributed by atoms with Crippen molar-refractivity contribution >= 4 is 16.4 Å². The Kier molecular flexibility index (Phi) is 4.39. The number of alkyl halides is 3. The van der Waals surface area contributed by atoms with Crippen LogP contribution in [0.25, 0.3) is 0 Å². The Hall–Kier alpha value is -2.08. The van der Waals surface area contributed by atoms with Crippen LogP contribution in [-0.4, -0.2) is 33.8 Å². The topological polar surface area (TPSA) is 73.5 Å². The Morgan fingerprint density at radius 3 is 2.35 bits per heavy atom. The van der Waals surface area contributed by atoms with E-state index in [1.165, 1.54) is 25.1 Å². The van der Waals surface area contributed by atoms with Gasteiger partial charge in [0.25, 0.3) is 10.0 Å². The summed E-state index contributed by atoms with van der Waals surface area (Å²) in [4.78, 5) is 0.637. The third kappa shape index (κ3) is 3.96. The Bertz CT molecular complexity index is 673. The van der Waals surface area contributed by atoms with Gasteiger partial charge in [0.05, 0.1) is 22.1 Å². The van der Waals surface area contributed by atoms with Gasteiger partial charge < -0.3 is 4.90 Å². The highest BCUT2D eigenvalue weighted by Crippen LogP contribution is 2.31. The van der Waals surface area contributed by atoms with Crippen LogP contribution in [0.4, 0.5) is 13.2 Å². The van der Waals surface area contributed by atoms with Gasteiger partial charge in [-0.3, -0.25) is 0 Å². The highest BCUT2D eigenvalue weighted by molar-refractivity contribution is 7.90. The molecule has 0 saturated heterocycles. The van der Waals surface area contributed by atoms with E-state index in [0.29, 0.717) is 12.1 Å². The molecule has 5 nitrogen and oxygen atoms in total. The number of halogens is 3. The van der Waals surface area contributed by atoms with Gasteiger partial charge in [-0.15, -0.1) is 4.40 Å². The van der Waals surface area contributed by atoms with Gasteiger partial charge in [0, 0.05) is 14.1 Å². The van der Waals surface area contributed by atoms with E-state index >= 15 is 0 Å². The number of sulfonamides is 1. The van der Waals surface area contributed by atoms with Crippen LogP contribution >= 0.6 is 0 Å². The van der Waals surface area contributed by atoms with Gasteiger partial charge in [-0.1, -0.05) is 0 Å². The molecule has 0 radical (unpaired) electrons. The fourth-order valence-corrected chi connectivity index (χ4v) is 2.18. The molecule has 0 aliphatic carbocycles. The van der Waals surface area contributed by atoms with Gasteiger partial charge in [0.2, 0.25) is 0 Å². The van der Waals surface area contributed by atoms with Crippen LogP contribution in [0.1, 0.15) is 11.1 Å². The first-order valence-electron chi connectivity index (χ1n) is 5.15. The number of hydrogen-bond donors (Lipinski definition) is 0. The molecule has 0 fully saturated rings. The van der Waals surface area contributed by atoms with Crippen LogP contribution in [0, 0.1) is 11.3 Å². The van der Waals surface area contributed by atoms with Gasteiger partial charge in [-0.25, -0.2) is 0 Å². The summed E-state index contributed by atoms with van der Waals surface area (Å²) in [5, 5.41) is 8.68. The first-order chi connectivity index (χ1) is 9.06. The Morgan fingerprint density at radius 1 is 1.30 bits per heavy atom. The van der Waals surface area contributed by atoms with Crippen molar-refractivity contribution in [3.63, 3.8) is 0 Å². The third-order valence-corrected chi connectivity index (χ3v) is 3.28. The first kappa shape index (κ1) is 16.0. The maximum Gasteiger partial charge on any atom is 0.416 e. The van der Waals surface area contributed by atoms with Crippen molar-refractivity contribution < 1.29 is 21.6 Å². The van der Waals surface area contributed by atoms with Crippen LogP contribution in [0.15, 0.2) is 27.5 Å². The third-order valence-electron chi connectivity index (χ3n) is 2.08. The maximum absolute atomic E-state index is 12.6. The van der Waals surface area contributed by atoms with E-state index in [-0.39, 0.29) is 0 Å². The molecule has 1 aromatic rings.